The van der Waals surface area contributed by atoms with Crippen LogP contribution in [0.5, 0.6) is 0 Å². The van der Waals surface area contributed by atoms with E-state index in [-0.39, 0.29) is 5.41 Å². The highest BCUT2D eigenvalue weighted by molar-refractivity contribution is 6.31. The highest BCUT2D eigenvalue weighted by Crippen LogP contribution is 2.21. The number of aryl methyl sites for hydroxylation is 1. The van der Waals surface area contributed by atoms with Gasteiger partial charge < -0.3 is 5.32 Å². The molecule has 1 atom stereocenters. The van der Waals surface area contributed by atoms with Crippen LogP contribution in [0, 0.1) is 12.3 Å². The van der Waals surface area contributed by atoms with Crippen molar-refractivity contribution in [3.05, 3.63) is 34.3 Å². The summed E-state index contributed by atoms with van der Waals surface area (Å²) < 4.78 is 0. The predicted molar refractivity (Wildman–Crippen MR) is 71.9 cm³/mol. The van der Waals surface area contributed by atoms with Gasteiger partial charge in [0.1, 0.15) is 0 Å². The van der Waals surface area contributed by atoms with E-state index in [1.807, 2.05) is 6.07 Å². The van der Waals surface area contributed by atoms with Crippen LogP contribution in [0.15, 0.2) is 18.2 Å². The Morgan fingerprint density at radius 3 is 2.44 bits per heavy atom. The Bertz CT molecular complexity index is 352. The van der Waals surface area contributed by atoms with Crippen LogP contribution in [0.3, 0.4) is 0 Å². The zero-order valence-electron chi connectivity index (χ0n) is 10.9. The number of hydrogen-bond donors (Lipinski definition) is 1. The van der Waals surface area contributed by atoms with E-state index >= 15 is 0 Å². The Balaban J connectivity index is 2.62. The largest absolute Gasteiger partial charge is 0.310 e. The first kappa shape index (κ1) is 13.5. The molecule has 1 rings (SSSR count). The van der Waals surface area contributed by atoms with Gasteiger partial charge >= 0.3 is 0 Å². The van der Waals surface area contributed by atoms with Crippen LogP contribution in [0.2, 0.25) is 5.02 Å². The first-order valence-corrected chi connectivity index (χ1v) is 6.17. The summed E-state index contributed by atoms with van der Waals surface area (Å²) in [6, 6.07) is 6.68. The summed E-state index contributed by atoms with van der Waals surface area (Å²) in [6.45, 7) is 11.8. The predicted octanol–water partition coefficient (Wildman–Crippen LogP) is 4.17. The van der Waals surface area contributed by atoms with Crippen molar-refractivity contribution >= 4 is 11.6 Å². The molecule has 0 saturated heterocycles. The quantitative estimate of drug-likeness (QED) is 0.835. The molecule has 0 radical (unpaired) electrons. The van der Waals surface area contributed by atoms with Gasteiger partial charge in [-0.15, -0.1) is 0 Å². The highest BCUT2D eigenvalue weighted by atomic mass is 35.5. The van der Waals surface area contributed by atoms with Gasteiger partial charge in [-0.2, -0.15) is 0 Å². The van der Waals surface area contributed by atoms with Gasteiger partial charge in [-0.05, 0) is 36.5 Å². The summed E-state index contributed by atoms with van der Waals surface area (Å²) in [5.41, 5.74) is 2.65. The van der Waals surface area contributed by atoms with E-state index in [4.69, 9.17) is 11.6 Å². The van der Waals surface area contributed by atoms with Crippen LogP contribution >= 0.6 is 11.6 Å². The molecule has 0 amide bonds. The molecule has 0 fully saturated rings. The molecule has 1 nitrogen and oxygen atoms in total. The summed E-state index contributed by atoms with van der Waals surface area (Å²) in [4.78, 5) is 0. The maximum absolute atomic E-state index is 6.19. The van der Waals surface area contributed by atoms with Crippen molar-refractivity contribution in [2.45, 2.75) is 47.2 Å². The minimum absolute atomic E-state index is 0.275. The molecule has 0 bridgehead atoms. The highest BCUT2D eigenvalue weighted by Gasteiger charge is 2.19. The van der Waals surface area contributed by atoms with Crippen molar-refractivity contribution in [1.29, 1.82) is 0 Å². The second kappa shape index (κ2) is 5.20. The number of rotatable bonds is 3. The minimum atomic E-state index is 0.275. The summed E-state index contributed by atoms with van der Waals surface area (Å²) in [7, 11) is 0. The fraction of sp³-hybridized carbons (Fsp3) is 0.571. The Kier molecular flexibility index (Phi) is 4.40. The first-order valence-electron chi connectivity index (χ1n) is 5.79. The van der Waals surface area contributed by atoms with Crippen LogP contribution < -0.4 is 5.32 Å². The van der Waals surface area contributed by atoms with E-state index < -0.39 is 0 Å². The van der Waals surface area contributed by atoms with E-state index in [0.29, 0.717) is 6.04 Å². The second-order valence-corrected chi connectivity index (χ2v) is 5.97. The molecular formula is C14H22ClN. The maximum atomic E-state index is 6.19. The average molecular weight is 240 g/mol. The molecule has 16 heavy (non-hydrogen) atoms. The van der Waals surface area contributed by atoms with Crippen molar-refractivity contribution < 1.29 is 0 Å². The lowest BCUT2D eigenvalue weighted by atomic mass is 9.88. The van der Waals surface area contributed by atoms with E-state index in [2.05, 4.69) is 52.1 Å². The van der Waals surface area contributed by atoms with Crippen molar-refractivity contribution in [2.24, 2.45) is 5.41 Å². The Labute approximate surface area is 104 Å². The normalized spacial score (nSPS) is 13.9. The fourth-order valence-electron chi connectivity index (χ4n) is 1.36. The molecule has 0 aromatic heterocycles. The van der Waals surface area contributed by atoms with Crippen molar-refractivity contribution in [2.75, 3.05) is 0 Å². The van der Waals surface area contributed by atoms with Crippen LogP contribution in [0.25, 0.3) is 0 Å². The molecule has 1 aromatic rings. The molecule has 0 aliphatic rings. The zero-order chi connectivity index (χ0) is 12.3. The van der Waals surface area contributed by atoms with Crippen molar-refractivity contribution in [3.8, 4) is 0 Å². The number of nitrogens with one attached hydrogen (secondary N) is 1. The lowest BCUT2D eigenvalue weighted by molar-refractivity contribution is 0.285. The number of hydrogen-bond acceptors (Lipinski definition) is 1. The zero-order valence-corrected chi connectivity index (χ0v) is 11.7. The third-order valence-electron chi connectivity index (χ3n) is 3.11. The topological polar surface area (TPSA) is 12.0 Å². The number of halogens is 1. The molecular weight excluding hydrogens is 218 g/mol. The Morgan fingerprint density at radius 1 is 1.31 bits per heavy atom. The van der Waals surface area contributed by atoms with E-state index in [1.165, 1.54) is 11.1 Å². The van der Waals surface area contributed by atoms with E-state index in [9.17, 15) is 0 Å². The van der Waals surface area contributed by atoms with Gasteiger partial charge in [0, 0.05) is 17.6 Å². The van der Waals surface area contributed by atoms with Crippen LogP contribution in [-0.4, -0.2) is 6.04 Å². The van der Waals surface area contributed by atoms with Crippen LogP contribution in [0.4, 0.5) is 0 Å². The van der Waals surface area contributed by atoms with Crippen molar-refractivity contribution in [1.82, 2.24) is 5.32 Å². The van der Waals surface area contributed by atoms with Gasteiger partial charge in [-0.1, -0.05) is 44.5 Å². The lowest BCUT2D eigenvalue weighted by Gasteiger charge is -2.28. The maximum Gasteiger partial charge on any atom is 0.0453 e. The van der Waals surface area contributed by atoms with Crippen LogP contribution in [0.1, 0.15) is 38.8 Å². The minimum Gasteiger partial charge on any atom is -0.310 e. The smallest absolute Gasteiger partial charge is 0.0453 e. The summed E-state index contributed by atoms with van der Waals surface area (Å²) in [5.74, 6) is 0. The summed E-state index contributed by atoms with van der Waals surface area (Å²) in [6.07, 6.45) is 0. The monoisotopic (exact) mass is 239 g/mol. The van der Waals surface area contributed by atoms with Gasteiger partial charge in [0.05, 0.1) is 0 Å². The molecule has 90 valence electrons. The molecule has 1 aromatic carbocycles. The first-order chi connectivity index (χ1) is 7.30. The van der Waals surface area contributed by atoms with E-state index in [1.54, 1.807) is 0 Å². The molecule has 1 unspecified atom stereocenters. The lowest BCUT2D eigenvalue weighted by Crippen LogP contribution is -2.37. The van der Waals surface area contributed by atoms with Gasteiger partial charge in [0.15, 0.2) is 0 Å². The average Bonchev–Trinajstić information content (AvgIpc) is 2.14. The molecule has 0 saturated carbocycles. The molecule has 0 aliphatic carbocycles. The Morgan fingerprint density at radius 2 is 1.94 bits per heavy atom. The molecule has 0 heterocycles. The van der Waals surface area contributed by atoms with Gasteiger partial charge in [-0.3, -0.25) is 0 Å². The van der Waals surface area contributed by atoms with Gasteiger partial charge in [0.2, 0.25) is 0 Å². The molecule has 1 N–H and O–H groups in total. The molecule has 0 spiro atoms. The third kappa shape index (κ3) is 3.80. The van der Waals surface area contributed by atoms with Crippen molar-refractivity contribution in [3.63, 3.8) is 0 Å². The van der Waals surface area contributed by atoms with Gasteiger partial charge in [-0.25, -0.2) is 0 Å². The Hall–Kier alpha value is -0.530. The summed E-state index contributed by atoms with van der Waals surface area (Å²) >= 11 is 6.19. The second-order valence-electron chi connectivity index (χ2n) is 5.56. The SMILES string of the molecule is Cc1ccc(CNC(C)C(C)(C)C)c(Cl)c1. The standard InChI is InChI=1S/C14H22ClN/c1-10-6-7-12(13(15)8-10)9-16-11(2)14(3,4)5/h6-8,11,16H,9H2,1-5H3. The fourth-order valence-corrected chi connectivity index (χ4v) is 1.67. The molecule has 0 aliphatic heterocycles. The molecule has 2 heteroatoms. The van der Waals surface area contributed by atoms with Crippen LogP contribution in [-0.2, 0) is 6.54 Å². The van der Waals surface area contributed by atoms with Gasteiger partial charge in [0.25, 0.3) is 0 Å². The summed E-state index contributed by atoms with van der Waals surface area (Å²) in [5, 5.41) is 4.37. The van der Waals surface area contributed by atoms with E-state index in [0.717, 1.165) is 11.6 Å². The number of benzene rings is 1. The third-order valence-corrected chi connectivity index (χ3v) is 3.46.